The molecule has 0 aliphatic rings. The van der Waals surface area contributed by atoms with Crippen molar-refractivity contribution in [1.82, 2.24) is 10.3 Å². The zero-order valence-electron chi connectivity index (χ0n) is 13.4. The van der Waals surface area contributed by atoms with Gasteiger partial charge in [-0.25, -0.2) is 4.98 Å². The Labute approximate surface area is 139 Å². The molecule has 3 aromatic rings. The summed E-state index contributed by atoms with van der Waals surface area (Å²) < 4.78 is 10.6. The zero-order valence-corrected chi connectivity index (χ0v) is 13.4. The van der Waals surface area contributed by atoms with Gasteiger partial charge in [-0.3, -0.25) is 4.79 Å². The lowest BCUT2D eigenvalue weighted by molar-refractivity contribution is 0.0323. The number of nitrogens with zero attached hydrogens (tertiary/aromatic N) is 1. The van der Waals surface area contributed by atoms with E-state index >= 15 is 0 Å². The first kappa shape index (κ1) is 16.0. The van der Waals surface area contributed by atoms with Gasteiger partial charge in [-0.05, 0) is 38.1 Å². The molecule has 1 aromatic carbocycles. The summed E-state index contributed by atoms with van der Waals surface area (Å²) >= 11 is 0. The molecule has 0 saturated carbocycles. The lowest BCUT2D eigenvalue weighted by Crippen LogP contribution is -2.38. The summed E-state index contributed by atoms with van der Waals surface area (Å²) in [6, 6.07) is 10.4. The van der Waals surface area contributed by atoms with E-state index in [9.17, 15) is 9.90 Å². The smallest absolute Gasteiger partial charge is 0.251 e. The Morgan fingerprint density at radius 3 is 2.58 bits per heavy atom. The molecule has 1 amide bonds. The van der Waals surface area contributed by atoms with Gasteiger partial charge in [0, 0.05) is 11.1 Å². The summed E-state index contributed by atoms with van der Waals surface area (Å²) in [5, 5.41) is 13.2. The average Bonchev–Trinajstić information content (AvgIpc) is 3.24. The number of amides is 1. The molecule has 0 fully saturated rings. The van der Waals surface area contributed by atoms with Crippen molar-refractivity contribution < 1.29 is 18.7 Å². The van der Waals surface area contributed by atoms with Gasteiger partial charge in [-0.15, -0.1) is 0 Å². The third-order valence-electron chi connectivity index (χ3n) is 3.73. The van der Waals surface area contributed by atoms with Crippen LogP contribution in [0.15, 0.2) is 57.8 Å². The van der Waals surface area contributed by atoms with Gasteiger partial charge in [-0.2, -0.15) is 0 Å². The van der Waals surface area contributed by atoms with Crippen LogP contribution in [-0.4, -0.2) is 22.5 Å². The molecule has 1 unspecified atom stereocenters. The number of aromatic nitrogens is 1. The van der Waals surface area contributed by atoms with Crippen LogP contribution in [0, 0.1) is 6.92 Å². The van der Waals surface area contributed by atoms with Gasteiger partial charge >= 0.3 is 0 Å². The van der Waals surface area contributed by atoms with Crippen molar-refractivity contribution in [2.45, 2.75) is 19.4 Å². The maximum absolute atomic E-state index is 12.2. The zero-order chi connectivity index (χ0) is 17.2. The lowest BCUT2D eigenvalue weighted by Gasteiger charge is -2.21. The molecule has 2 N–H and O–H groups in total. The van der Waals surface area contributed by atoms with Crippen molar-refractivity contribution in [1.29, 1.82) is 0 Å². The summed E-state index contributed by atoms with van der Waals surface area (Å²) in [5.41, 5.74) is 0.0516. The molecule has 2 heterocycles. The van der Waals surface area contributed by atoms with Crippen LogP contribution in [0.1, 0.15) is 28.8 Å². The Morgan fingerprint density at radius 2 is 2.00 bits per heavy atom. The van der Waals surface area contributed by atoms with Gasteiger partial charge < -0.3 is 19.3 Å². The molecule has 0 aliphatic heterocycles. The van der Waals surface area contributed by atoms with Crippen molar-refractivity contribution in [2.75, 3.05) is 6.54 Å². The number of furan rings is 1. The van der Waals surface area contributed by atoms with Crippen LogP contribution in [0.2, 0.25) is 0 Å². The number of aryl methyl sites for hydroxylation is 1. The molecular weight excluding hydrogens is 308 g/mol. The van der Waals surface area contributed by atoms with Crippen LogP contribution in [0.25, 0.3) is 11.3 Å². The van der Waals surface area contributed by atoms with Gasteiger partial charge in [0.2, 0.25) is 0 Å². The maximum atomic E-state index is 12.2. The van der Waals surface area contributed by atoms with Gasteiger partial charge in [-0.1, -0.05) is 12.1 Å². The quantitative estimate of drug-likeness (QED) is 0.752. The molecule has 24 heavy (non-hydrogen) atoms. The second-order valence-corrected chi connectivity index (χ2v) is 5.81. The van der Waals surface area contributed by atoms with Crippen LogP contribution in [0.5, 0.6) is 0 Å². The SMILES string of the molecule is Cc1ccc(C(C)(O)CNC(=O)c2ccc(-c3cnco3)cc2)o1. The minimum absolute atomic E-state index is 0.0443. The van der Waals surface area contributed by atoms with Gasteiger partial charge in [0.1, 0.15) is 17.1 Å². The van der Waals surface area contributed by atoms with Crippen molar-refractivity contribution in [3.05, 3.63) is 66.1 Å². The van der Waals surface area contributed by atoms with E-state index in [4.69, 9.17) is 8.83 Å². The highest BCUT2D eigenvalue weighted by atomic mass is 16.4. The molecule has 124 valence electrons. The third-order valence-corrected chi connectivity index (χ3v) is 3.73. The van der Waals surface area contributed by atoms with Crippen LogP contribution >= 0.6 is 0 Å². The number of hydrogen-bond acceptors (Lipinski definition) is 5. The fourth-order valence-corrected chi connectivity index (χ4v) is 2.31. The monoisotopic (exact) mass is 326 g/mol. The first-order valence-electron chi connectivity index (χ1n) is 7.52. The van der Waals surface area contributed by atoms with E-state index in [1.807, 2.05) is 0 Å². The van der Waals surface area contributed by atoms with Crippen LogP contribution < -0.4 is 5.32 Å². The van der Waals surface area contributed by atoms with Crippen molar-refractivity contribution >= 4 is 5.91 Å². The first-order chi connectivity index (χ1) is 11.5. The Kier molecular flexibility index (Phi) is 4.22. The van der Waals surface area contributed by atoms with E-state index in [-0.39, 0.29) is 12.5 Å². The Hall–Kier alpha value is -2.86. The van der Waals surface area contributed by atoms with Crippen LogP contribution in [0.3, 0.4) is 0 Å². The fraction of sp³-hybridized carbons (Fsp3) is 0.222. The summed E-state index contributed by atoms with van der Waals surface area (Å²) in [6.07, 6.45) is 2.96. The van der Waals surface area contributed by atoms with Crippen LogP contribution in [-0.2, 0) is 5.60 Å². The van der Waals surface area contributed by atoms with E-state index in [2.05, 4.69) is 10.3 Å². The molecule has 0 aliphatic carbocycles. The molecule has 2 aromatic heterocycles. The van der Waals surface area contributed by atoms with E-state index in [1.165, 1.54) is 6.39 Å². The Morgan fingerprint density at radius 1 is 1.25 bits per heavy atom. The number of carbonyl (C=O) groups is 1. The summed E-state index contributed by atoms with van der Waals surface area (Å²) in [4.78, 5) is 16.1. The number of carbonyl (C=O) groups excluding carboxylic acids is 1. The van der Waals surface area contributed by atoms with Gasteiger partial charge in [0.25, 0.3) is 5.91 Å². The summed E-state index contributed by atoms with van der Waals surface area (Å²) in [5.74, 6) is 1.49. The topological polar surface area (TPSA) is 88.5 Å². The average molecular weight is 326 g/mol. The number of rotatable bonds is 5. The minimum atomic E-state index is -1.27. The highest BCUT2D eigenvalue weighted by molar-refractivity contribution is 5.94. The molecule has 0 spiro atoms. The van der Waals surface area contributed by atoms with Crippen molar-refractivity contribution in [3.63, 3.8) is 0 Å². The maximum Gasteiger partial charge on any atom is 0.251 e. The molecule has 0 saturated heterocycles. The molecule has 3 rings (SSSR count). The van der Waals surface area contributed by atoms with Crippen molar-refractivity contribution in [3.8, 4) is 11.3 Å². The molecule has 1 atom stereocenters. The Bertz CT molecular complexity index is 817. The minimum Gasteiger partial charge on any atom is -0.463 e. The predicted molar refractivity (Wildman–Crippen MR) is 87.3 cm³/mol. The van der Waals surface area contributed by atoms with Crippen molar-refractivity contribution in [2.24, 2.45) is 0 Å². The van der Waals surface area contributed by atoms with Crippen LogP contribution in [0.4, 0.5) is 0 Å². The largest absolute Gasteiger partial charge is 0.463 e. The number of aliphatic hydroxyl groups is 1. The molecule has 0 radical (unpaired) electrons. The molecular formula is C18H18N2O4. The number of hydrogen-bond donors (Lipinski definition) is 2. The van der Waals surface area contributed by atoms with E-state index < -0.39 is 5.60 Å². The molecule has 0 bridgehead atoms. The van der Waals surface area contributed by atoms with E-state index in [0.717, 1.165) is 5.56 Å². The summed E-state index contributed by atoms with van der Waals surface area (Å²) in [6.45, 7) is 3.44. The highest BCUT2D eigenvalue weighted by Crippen LogP contribution is 2.22. The number of nitrogens with one attached hydrogen (secondary N) is 1. The summed E-state index contributed by atoms with van der Waals surface area (Å²) in [7, 11) is 0. The van der Waals surface area contributed by atoms with Gasteiger partial charge in [0.15, 0.2) is 12.2 Å². The molecule has 6 heteroatoms. The first-order valence-corrected chi connectivity index (χ1v) is 7.52. The fourth-order valence-electron chi connectivity index (χ4n) is 2.31. The number of benzene rings is 1. The second-order valence-electron chi connectivity index (χ2n) is 5.81. The normalized spacial score (nSPS) is 13.5. The van der Waals surface area contributed by atoms with E-state index in [1.54, 1.807) is 56.4 Å². The predicted octanol–water partition coefficient (Wildman–Crippen LogP) is 2.88. The standard InChI is InChI=1S/C18H18N2O4/c1-12-3-8-16(24-12)18(2,22)10-20-17(21)14-6-4-13(5-7-14)15-9-19-11-23-15/h3-9,11,22H,10H2,1-2H3,(H,20,21). The third kappa shape index (κ3) is 3.38. The second kappa shape index (κ2) is 6.33. The molecule has 6 nitrogen and oxygen atoms in total. The highest BCUT2D eigenvalue weighted by Gasteiger charge is 2.27. The van der Waals surface area contributed by atoms with Gasteiger partial charge in [0.05, 0.1) is 12.7 Å². The van der Waals surface area contributed by atoms with E-state index in [0.29, 0.717) is 22.8 Å². The lowest BCUT2D eigenvalue weighted by atomic mass is 10.0. The Balaban J connectivity index is 1.64. The number of oxazole rings is 1.